The van der Waals surface area contributed by atoms with Gasteiger partial charge in [-0.1, -0.05) is 30.3 Å². The van der Waals surface area contributed by atoms with E-state index in [9.17, 15) is 13.2 Å². The van der Waals surface area contributed by atoms with E-state index in [0.29, 0.717) is 18.7 Å². The Kier molecular flexibility index (Phi) is 8.29. The molecular formula is C23H32N2O4S. The monoisotopic (exact) mass is 432 g/mol. The van der Waals surface area contributed by atoms with Gasteiger partial charge in [-0.15, -0.1) is 0 Å². The molecule has 0 saturated carbocycles. The first-order chi connectivity index (χ1) is 14.1. The zero-order chi connectivity index (χ0) is 22.3. The summed E-state index contributed by atoms with van der Waals surface area (Å²) in [5, 5.41) is 2.91. The average molecular weight is 433 g/mol. The van der Waals surface area contributed by atoms with E-state index in [2.05, 4.69) is 5.32 Å². The van der Waals surface area contributed by atoms with E-state index in [0.717, 1.165) is 22.4 Å². The number of para-hydroxylation sites is 1. The van der Waals surface area contributed by atoms with E-state index in [1.165, 1.54) is 10.6 Å². The number of amides is 1. The van der Waals surface area contributed by atoms with Crippen LogP contribution < -0.4 is 14.4 Å². The van der Waals surface area contributed by atoms with E-state index >= 15 is 0 Å². The Hall–Kier alpha value is -2.54. The third kappa shape index (κ3) is 6.76. The third-order valence-electron chi connectivity index (χ3n) is 5.00. The molecule has 0 aliphatic heterocycles. The van der Waals surface area contributed by atoms with Gasteiger partial charge in [-0.05, 0) is 62.9 Å². The normalized spacial score (nSPS) is 12.3. The largest absolute Gasteiger partial charge is 0.491 e. The Morgan fingerprint density at radius 2 is 1.73 bits per heavy atom. The highest BCUT2D eigenvalue weighted by Gasteiger charge is 2.20. The number of nitrogens with zero attached hydrogens (tertiary/aromatic N) is 1. The molecule has 0 radical (unpaired) electrons. The van der Waals surface area contributed by atoms with E-state index < -0.39 is 10.0 Å². The van der Waals surface area contributed by atoms with Crippen LogP contribution >= 0.6 is 0 Å². The molecule has 7 heteroatoms. The highest BCUT2D eigenvalue weighted by molar-refractivity contribution is 7.92. The molecule has 0 aliphatic rings. The summed E-state index contributed by atoms with van der Waals surface area (Å²) in [6, 6.07) is 13.2. The predicted molar refractivity (Wildman–Crippen MR) is 122 cm³/mol. The fraction of sp³-hybridized carbons (Fsp3) is 0.435. The number of benzene rings is 2. The van der Waals surface area contributed by atoms with Crippen LogP contribution in [0.15, 0.2) is 42.5 Å². The first kappa shape index (κ1) is 23.7. The molecule has 1 amide bonds. The van der Waals surface area contributed by atoms with Crippen molar-refractivity contribution in [2.45, 2.75) is 46.6 Å². The van der Waals surface area contributed by atoms with Crippen LogP contribution in [-0.4, -0.2) is 39.8 Å². The molecule has 2 rings (SSSR count). The van der Waals surface area contributed by atoms with E-state index in [1.54, 1.807) is 6.07 Å². The van der Waals surface area contributed by atoms with Crippen molar-refractivity contribution in [2.24, 2.45) is 0 Å². The van der Waals surface area contributed by atoms with Gasteiger partial charge in [0, 0.05) is 13.0 Å². The van der Waals surface area contributed by atoms with E-state index in [-0.39, 0.29) is 24.9 Å². The van der Waals surface area contributed by atoms with Crippen LogP contribution in [0.3, 0.4) is 0 Å². The van der Waals surface area contributed by atoms with Crippen molar-refractivity contribution in [3.05, 3.63) is 59.2 Å². The summed E-state index contributed by atoms with van der Waals surface area (Å²) in [6.07, 6.45) is 1.86. The number of hydrogen-bond donors (Lipinski definition) is 1. The van der Waals surface area contributed by atoms with Crippen molar-refractivity contribution in [2.75, 3.05) is 23.7 Å². The van der Waals surface area contributed by atoms with Crippen LogP contribution in [0.2, 0.25) is 0 Å². The maximum absolute atomic E-state index is 12.3. The van der Waals surface area contributed by atoms with Crippen LogP contribution in [0.1, 0.15) is 36.5 Å². The molecule has 6 nitrogen and oxygen atoms in total. The second-order valence-electron chi connectivity index (χ2n) is 7.70. The van der Waals surface area contributed by atoms with Crippen LogP contribution in [0, 0.1) is 20.8 Å². The first-order valence-corrected chi connectivity index (χ1v) is 12.0. The summed E-state index contributed by atoms with van der Waals surface area (Å²) < 4.78 is 31.8. The molecule has 2 aromatic rings. The number of aryl methyl sites for hydroxylation is 2. The molecule has 0 heterocycles. The van der Waals surface area contributed by atoms with Gasteiger partial charge in [-0.25, -0.2) is 8.42 Å². The Labute approximate surface area is 180 Å². The lowest BCUT2D eigenvalue weighted by molar-refractivity contribution is -0.121. The zero-order valence-corrected chi connectivity index (χ0v) is 19.3. The van der Waals surface area contributed by atoms with Crippen molar-refractivity contribution >= 4 is 21.6 Å². The number of anilines is 1. The van der Waals surface area contributed by atoms with Gasteiger partial charge >= 0.3 is 0 Å². The predicted octanol–water partition coefficient (Wildman–Crippen LogP) is 3.74. The summed E-state index contributed by atoms with van der Waals surface area (Å²) in [5.74, 6) is 0.682. The Morgan fingerprint density at radius 1 is 1.07 bits per heavy atom. The van der Waals surface area contributed by atoms with Crippen molar-refractivity contribution in [1.29, 1.82) is 0 Å². The number of sulfonamides is 1. The number of rotatable bonds is 10. The summed E-state index contributed by atoms with van der Waals surface area (Å²) in [6.45, 7) is 8.34. The quantitative estimate of drug-likeness (QED) is 0.621. The Bertz CT molecular complexity index is 973. The van der Waals surface area contributed by atoms with Gasteiger partial charge in [0.2, 0.25) is 15.9 Å². The minimum Gasteiger partial charge on any atom is -0.491 e. The highest BCUT2D eigenvalue weighted by Crippen LogP contribution is 2.25. The second-order valence-corrected chi connectivity index (χ2v) is 9.61. The molecule has 0 saturated heterocycles. The summed E-state index contributed by atoms with van der Waals surface area (Å²) >= 11 is 0. The average Bonchev–Trinajstić information content (AvgIpc) is 2.66. The van der Waals surface area contributed by atoms with Crippen LogP contribution in [0.25, 0.3) is 0 Å². The molecule has 30 heavy (non-hydrogen) atoms. The lowest BCUT2D eigenvalue weighted by Crippen LogP contribution is -2.37. The maximum atomic E-state index is 12.3. The molecule has 1 N–H and O–H groups in total. The molecule has 0 fully saturated rings. The van der Waals surface area contributed by atoms with Gasteiger partial charge in [0.05, 0.1) is 18.0 Å². The standard InChI is InChI=1S/C23H32N2O4S/c1-17-11-8-12-21(20(17)4)25(30(5,27)28)15-9-14-23(26)24-19(3)16-29-22-13-7-6-10-18(22)2/h6-8,10-13,19H,9,14-16H2,1-5H3,(H,24,26)/t19-/m0/s1. The minimum absolute atomic E-state index is 0.120. The van der Waals surface area contributed by atoms with Crippen molar-refractivity contribution in [3.8, 4) is 5.75 Å². The topological polar surface area (TPSA) is 75.7 Å². The lowest BCUT2D eigenvalue weighted by Gasteiger charge is -2.25. The number of nitrogens with one attached hydrogen (secondary N) is 1. The minimum atomic E-state index is -3.44. The summed E-state index contributed by atoms with van der Waals surface area (Å²) in [5.41, 5.74) is 3.66. The molecule has 0 bridgehead atoms. The maximum Gasteiger partial charge on any atom is 0.232 e. The molecule has 0 unspecified atom stereocenters. The van der Waals surface area contributed by atoms with Crippen LogP contribution in [0.5, 0.6) is 5.75 Å². The Morgan fingerprint density at radius 3 is 2.40 bits per heavy atom. The number of carbonyl (C=O) groups is 1. The number of carbonyl (C=O) groups excluding carboxylic acids is 1. The molecular weight excluding hydrogens is 400 g/mol. The number of ether oxygens (including phenoxy) is 1. The van der Waals surface area contributed by atoms with Gasteiger partial charge in [0.1, 0.15) is 12.4 Å². The van der Waals surface area contributed by atoms with Crippen molar-refractivity contribution in [3.63, 3.8) is 0 Å². The molecule has 0 aliphatic carbocycles. The first-order valence-electron chi connectivity index (χ1n) is 10.1. The van der Waals surface area contributed by atoms with Gasteiger partial charge in [0.15, 0.2) is 0 Å². The molecule has 0 aromatic heterocycles. The van der Waals surface area contributed by atoms with Crippen molar-refractivity contribution < 1.29 is 17.9 Å². The third-order valence-corrected chi connectivity index (χ3v) is 6.18. The zero-order valence-electron chi connectivity index (χ0n) is 18.4. The van der Waals surface area contributed by atoms with E-state index in [1.807, 2.05) is 64.1 Å². The van der Waals surface area contributed by atoms with Crippen LogP contribution in [-0.2, 0) is 14.8 Å². The van der Waals surface area contributed by atoms with Crippen LogP contribution in [0.4, 0.5) is 5.69 Å². The fourth-order valence-corrected chi connectivity index (χ4v) is 4.19. The molecule has 2 aromatic carbocycles. The summed E-state index contributed by atoms with van der Waals surface area (Å²) in [4.78, 5) is 12.3. The lowest BCUT2D eigenvalue weighted by atomic mass is 10.1. The van der Waals surface area contributed by atoms with Gasteiger partial charge < -0.3 is 10.1 Å². The Balaban J connectivity index is 1.87. The molecule has 0 spiro atoms. The molecule has 1 atom stereocenters. The second kappa shape index (κ2) is 10.5. The van der Waals surface area contributed by atoms with Crippen molar-refractivity contribution in [1.82, 2.24) is 5.32 Å². The number of hydrogen-bond acceptors (Lipinski definition) is 4. The smallest absolute Gasteiger partial charge is 0.232 e. The van der Waals surface area contributed by atoms with E-state index in [4.69, 9.17) is 4.74 Å². The fourth-order valence-electron chi connectivity index (χ4n) is 3.18. The summed E-state index contributed by atoms with van der Waals surface area (Å²) in [7, 11) is -3.44. The highest BCUT2D eigenvalue weighted by atomic mass is 32.2. The van der Waals surface area contributed by atoms with Gasteiger partial charge in [-0.2, -0.15) is 0 Å². The SMILES string of the molecule is Cc1ccccc1OC[C@H](C)NC(=O)CCCN(c1cccc(C)c1C)S(C)(=O)=O. The van der Waals surface area contributed by atoms with Gasteiger partial charge in [-0.3, -0.25) is 9.10 Å². The van der Waals surface area contributed by atoms with Gasteiger partial charge in [0.25, 0.3) is 0 Å². The molecule has 164 valence electrons.